The van der Waals surface area contributed by atoms with Crippen LogP contribution >= 0.6 is 0 Å². The van der Waals surface area contributed by atoms with Crippen LogP contribution in [0.4, 0.5) is 0 Å². The highest BCUT2D eigenvalue weighted by molar-refractivity contribution is 5.29. The molecule has 0 saturated heterocycles. The van der Waals surface area contributed by atoms with E-state index in [1.807, 2.05) is 26.1 Å². The zero-order valence-corrected chi connectivity index (χ0v) is 13.1. The molecule has 0 aliphatic carbocycles. The van der Waals surface area contributed by atoms with E-state index in [-0.39, 0.29) is 0 Å². The fraction of sp³-hybridized carbons (Fsp3) is 0.588. The smallest absolute Gasteiger partial charge is 0.119 e. The number of nitrogens with zero attached hydrogens (tertiary/aromatic N) is 1. The highest BCUT2D eigenvalue weighted by atomic mass is 16.5. The molecule has 0 aliphatic rings. The highest BCUT2D eigenvalue weighted by Crippen LogP contribution is 2.21. The molecule has 3 heteroatoms. The Hall–Kier alpha value is -1.53. The molecule has 1 N–H and O–H groups in total. The number of hydrogen-bond donors (Lipinski definition) is 1. The van der Waals surface area contributed by atoms with E-state index in [2.05, 4.69) is 37.4 Å². The van der Waals surface area contributed by atoms with Crippen LogP contribution in [0.3, 0.4) is 0 Å². The monoisotopic (exact) mass is 274 g/mol. The van der Waals surface area contributed by atoms with Crippen LogP contribution in [0.15, 0.2) is 24.3 Å². The molecule has 1 aromatic carbocycles. The minimum absolute atomic E-state index is 0.455. The fourth-order valence-electron chi connectivity index (χ4n) is 1.98. The molecule has 0 aliphatic heterocycles. The summed E-state index contributed by atoms with van der Waals surface area (Å²) in [5, 5.41) is 12.1. The maximum Gasteiger partial charge on any atom is 0.119 e. The molecule has 1 aromatic rings. The molecule has 110 valence electrons. The van der Waals surface area contributed by atoms with Crippen molar-refractivity contribution in [2.24, 2.45) is 0 Å². The second-order valence-corrected chi connectivity index (χ2v) is 5.52. The predicted octanol–water partition coefficient (Wildman–Crippen LogP) is 3.86. The number of ether oxygens (including phenoxy) is 1. The van der Waals surface area contributed by atoms with Gasteiger partial charge >= 0.3 is 0 Å². The SMILES string of the molecule is CCC(C)c1ccc(OCCCC(C)(C#N)NC)cc1. The van der Waals surface area contributed by atoms with Gasteiger partial charge in [-0.2, -0.15) is 5.26 Å². The third-order valence-electron chi connectivity index (χ3n) is 3.95. The number of benzene rings is 1. The van der Waals surface area contributed by atoms with E-state index < -0.39 is 5.54 Å². The Labute approximate surface area is 123 Å². The second-order valence-electron chi connectivity index (χ2n) is 5.52. The van der Waals surface area contributed by atoms with Gasteiger partial charge in [0.1, 0.15) is 11.3 Å². The van der Waals surface area contributed by atoms with E-state index in [0.717, 1.165) is 25.0 Å². The molecule has 3 nitrogen and oxygen atoms in total. The Morgan fingerprint density at radius 3 is 2.50 bits per heavy atom. The van der Waals surface area contributed by atoms with Crippen molar-refractivity contribution < 1.29 is 4.74 Å². The molecule has 0 bridgehead atoms. The van der Waals surface area contributed by atoms with E-state index in [4.69, 9.17) is 10.00 Å². The van der Waals surface area contributed by atoms with Crippen molar-refractivity contribution in [2.45, 2.75) is 51.5 Å². The minimum atomic E-state index is -0.455. The highest BCUT2D eigenvalue weighted by Gasteiger charge is 2.20. The van der Waals surface area contributed by atoms with Gasteiger partial charge in [0.15, 0.2) is 0 Å². The Kier molecular flexibility index (Phi) is 6.54. The summed E-state index contributed by atoms with van der Waals surface area (Å²) in [7, 11) is 1.82. The molecular weight excluding hydrogens is 248 g/mol. The van der Waals surface area contributed by atoms with Crippen molar-refractivity contribution in [3.8, 4) is 11.8 Å². The van der Waals surface area contributed by atoms with Crippen LogP contribution in [0.1, 0.15) is 51.5 Å². The Morgan fingerprint density at radius 1 is 1.35 bits per heavy atom. The van der Waals surface area contributed by atoms with E-state index in [9.17, 15) is 0 Å². The van der Waals surface area contributed by atoms with Gasteiger partial charge in [-0.05, 0) is 56.8 Å². The molecule has 0 fully saturated rings. The third-order valence-corrected chi connectivity index (χ3v) is 3.95. The van der Waals surface area contributed by atoms with Crippen LogP contribution in [-0.4, -0.2) is 19.2 Å². The largest absolute Gasteiger partial charge is 0.494 e. The summed E-state index contributed by atoms with van der Waals surface area (Å²) in [6.45, 7) is 6.98. The van der Waals surface area contributed by atoms with Crippen LogP contribution in [0.25, 0.3) is 0 Å². The standard InChI is InChI=1S/C17H26N2O/c1-5-14(2)15-7-9-16(10-8-15)20-12-6-11-17(3,13-18)19-4/h7-10,14,19H,5-6,11-12H2,1-4H3. The maximum atomic E-state index is 9.05. The lowest BCUT2D eigenvalue weighted by Gasteiger charge is -2.20. The van der Waals surface area contributed by atoms with Crippen molar-refractivity contribution in [1.29, 1.82) is 5.26 Å². The van der Waals surface area contributed by atoms with Gasteiger partial charge in [0.25, 0.3) is 0 Å². The van der Waals surface area contributed by atoms with Gasteiger partial charge in [0, 0.05) is 0 Å². The zero-order valence-electron chi connectivity index (χ0n) is 13.1. The summed E-state index contributed by atoms with van der Waals surface area (Å²) >= 11 is 0. The normalized spacial score (nSPS) is 15.2. The van der Waals surface area contributed by atoms with Gasteiger partial charge in [0.2, 0.25) is 0 Å². The molecule has 0 heterocycles. The number of nitrogens with one attached hydrogen (secondary N) is 1. The summed E-state index contributed by atoms with van der Waals surface area (Å²) < 4.78 is 5.72. The van der Waals surface area contributed by atoms with Crippen LogP contribution in [0.2, 0.25) is 0 Å². The number of nitriles is 1. The molecule has 0 spiro atoms. The molecule has 2 unspecified atom stereocenters. The van der Waals surface area contributed by atoms with Crippen LogP contribution in [-0.2, 0) is 0 Å². The lowest BCUT2D eigenvalue weighted by atomic mass is 9.98. The van der Waals surface area contributed by atoms with Crippen LogP contribution in [0.5, 0.6) is 5.75 Å². The van der Waals surface area contributed by atoms with Crippen LogP contribution < -0.4 is 10.1 Å². The number of hydrogen-bond acceptors (Lipinski definition) is 3. The van der Waals surface area contributed by atoms with Gasteiger partial charge in [-0.15, -0.1) is 0 Å². The van der Waals surface area contributed by atoms with Crippen molar-refractivity contribution >= 4 is 0 Å². The summed E-state index contributed by atoms with van der Waals surface area (Å²) in [6, 6.07) is 10.6. The predicted molar refractivity (Wildman–Crippen MR) is 83.0 cm³/mol. The number of rotatable bonds is 8. The average molecular weight is 274 g/mol. The van der Waals surface area contributed by atoms with Crippen molar-refractivity contribution in [3.63, 3.8) is 0 Å². The first-order valence-electron chi connectivity index (χ1n) is 7.37. The summed E-state index contributed by atoms with van der Waals surface area (Å²) in [6.07, 6.45) is 2.79. The van der Waals surface area contributed by atoms with Crippen molar-refractivity contribution in [1.82, 2.24) is 5.32 Å². The first kappa shape index (κ1) is 16.5. The van der Waals surface area contributed by atoms with E-state index in [1.165, 1.54) is 5.56 Å². The molecule has 1 rings (SSSR count). The first-order chi connectivity index (χ1) is 9.54. The average Bonchev–Trinajstić information content (AvgIpc) is 2.51. The van der Waals surface area contributed by atoms with E-state index >= 15 is 0 Å². The molecule has 20 heavy (non-hydrogen) atoms. The molecule has 0 radical (unpaired) electrons. The van der Waals surface area contributed by atoms with Crippen molar-refractivity contribution in [3.05, 3.63) is 29.8 Å². The topological polar surface area (TPSA) is 45.0 Å². The first-order valence-corrected chi connectivity index (χ1v) is 7.37. The zero-order chi connectivity index (χ0) is 15.0. The van der Waals surface area contributed by atoms with Crippen molar-refractivity contribution in [2.75, 3.05) is 13.7 Å². The molecule has 0 saturated carbocycles. The lowest BCUT2D eigenvalue weighted by molar-refractivity contribution is 0.289. The maximum absolute atomic E-state index is 9.05. The quantitative estimate of drug-likeness (QED) is 0.732. The molecular formula is C17H26N2O. The summed E-state index contributed by atoms with van der Waals surface area (Å²) in [5.74, 6) is 1.50. The molecule has 0 aromatic heterocycles. The van der Waals surface area contributed by atoms with Gasteiger partial charge < -0.3 is 10.1 Å². The van der Waals surface area contributed by atoms with Crippen LogP contribution in [0, 0.1) is 11.3 Å². The molecule has 2 atom stereocenters. The van der Waals surface area contributed by atoms with Gasteiger partial charge in [0.05, 0.1) is 12.7 Å². The lowest BCUT2D eigenvalue weighted by Crippen LogP contribution is -2.38. The van der Waals surface area contributed by atoms with Gasteiger partial charge in [-0.3, -0.25) is 0 Å². The van der Waals surface area contributed by atoms with E-state index in [1.54, 1.807) is 0 Å². The Morgan fingerprint density at radius 2 is 2.00 bits per heavy atom. The third kappa shape index (κ3) is 4.86. The summed E-state index contributed by atoms with van der Waals surface area (Å²) in [5.41, 5.74) is 0.899. The minimum Gasteiger partial charge on any atom is -0.494 e. The Balaban J connectivity index is 2.38. The summed E-state index contributed by atoms with van der Waals surface area (Å²) in [4.78, 5) is 0. The molecule has 0 amide bonds. The fourth-order valence-corrected chi connectivity index (χ4v) is 1.98. The Bertz CT molecular complexity index is 435. The second kappa shape index (κ2) is 7.91. The van der Waals surface area contributed by atoms with Gasteiger partial charge in [-0.1, -0.05) is 26.0 Å². The van der Waals surface area contributed by atoms with E-state index in [0.29, 0.717) is 12.5 Å². The van der Waals surface area contributed by atoms with Gasteiger partial charge in [-0.25, -0.2) is 0 Å².